The monoisotopic (exact) mass is 377 g/mol. The molecule has 8 nitrogen and oxygen atoms in total. The van der Waals surface area contributed by atoms with E-state index >= 15 is 0 Å². The van der Waals surface area contributed by atoms with Gasteiger partial charge in [-0.2, -0.15) is 0 Å². The zero-order valence-electron chi connectivity index (χ0n) is 15.8. The number of amides is 3. The van der Waals surface area contributed by atoms with Crippen molar-refractivity contribution in [1.82, 2.24) is 16.0 Å². The number of carboxylic acid groups (broad SMARTS) is 1. The first-order valence-electron chi connectivity index (χ1n) is 8.90. The van der Waals surface area contributed by atoms with E-state index in [9.17, 15) is 19.2 Å². The highest BCUT2D eigenvalue weighted by Gasteiger charge is 2.30. The second-order valence-electron chi connectivity index (χ2n) is 6.61. The summed E-state index contributed by atoms with van der Waals surface area (Å²) in [6.07, 6.45) is -0.930. The Morgan fingerprint density at radius 2 is 1.63 bits per heavy atom. The molecule has 0 spiro atoms. The van der Waals surface area contributed by atoms with Gasteiger partial charge >= 0.3 is 6.09 Å². The van der Waals surface area contributed by atoms with Crippen molar-refractivity contribution in [1.29, 1.82) is 0 Å². The van der Waals surface area contributed by atoms with Crippen LogP contribution >= 0.6 is 0 Å². The van der Waals surface area contributed by atoms with Gasteiger partial charge in [0.2, 0.25) is 11.7 Å². The lowest BCUT2D eigenvalue weighted by Gasteiger charge is -2.23. The Labute approximate surface area is 158 Å². The van der Waals surface area contributed by atoms with Crippen molar-refractivity contribution in [3.8, 4) is 0 Å². The van der Waals surface area contributed by atoms with Crippen LogP contribution in [0.25, 0.3) is 0 Å². The minimum atomic E-state index is -1.33. The number of likely N-dealkylation sites (N-methyl/N-ethyl adjacent to an activating group) is 1. The molecular formula is C19H27N3O5. The summed E-state index contributed by atoms with van der Waals surface area (Å²) in [6.45, 7) is 5.68. The van der Waals surface area contributed by atoms with Crippen LogP contribution in [-0.2, 0) is 20.8 Å². The molecule has 0 saturated heterocycles. The molecular weight excluding hydrogens is 350 g/mol. The van der Waals surface area contributed by atoms with E-state index < -0.39 is 35.8 Å². The first kappa shape index (κ1) is 22.1. The number of carbonyl (C=O) groups excluding carboxylic acids is 3. The van der Waals surface area contributed by atoms with E-state index in [2.05, 4.69) is 16.0 Å². The molecule has 1 aromatic carbocycles. The van der Waals surface area contributed by atoms with Crippen LogP contribution in [0.1, 0.15) is 32.8 Å². The van der Waals surface area contributed by atoms with Gasteiger partial charge in [0.15, 0.2) is 0 Å². The lowest BCUT2D eigenvalue weighted by molar-refractivity contribution is -0.140. The summed E-state index contributed by atoms with van der Waals surface area (Å²) in [6, 6.07) is 6.87. The normalized spacial score (nSPS) is 12.7. The smallest absolute Gasteiger partial charge is 0.405 e. The summed E-state index contributed by atoms with van der Waals surface area (Å²) >= 11 is 0. The van der Waals surface area contributed by atoms with E-state index in [-0.39, 0.29) is 25.3 Å². The van der Waals surface area contributed by atoms with Crippen molar-refractivity contribution in [2.75, 3.05) is 6.54 Å². The molecule has 0 aromatic heterocycles. The number of hydrogen-bond acceptors (Lipinski definition) is 4. The van der Waals surface area contributed by atoms with E-state index in [4.69, 9.17) is 5.11 Å². The molecule has 27 heavy (non-hydrogen) atoms. The van der Waals surface area contributed by atoms with Gasteiger partial charge in [0.1, 0.15) is 12.1 Å². The molecule has 0 bridgehead atoms. The zero-order chi connectivity index (χ0) is 20.4. The third-order valence-electron chi connectivity index (χ3n) is 3.80. The van der Waals surface area contributed by atoms with Gasteiger partial charge in [0.05, 0.1) is 0 Å². The molecule has 0 fully saturated rings. The average molecular weight is 377 g/mol. The fraction of sp³-hybridized carbons (Fsp3) is 0.474. The zero-order valence-corrected chi connectivity index (χ0v) is 15.8. The van der Waals surface area contributed by atoms with E-state index in [1.807, 2.05) is 19.9 Å². The number of rotatable bonds is 10. The fourth-order valence-corrected chi connectivity index (χ4v) is 2.59. The molecule has 0 aliphatic rings. The van der Waals surface area contributed by atoms with E-state index in [1.54, 1.807) is 31.2 Å². The van der Waals surface area contributed by atoms with Crippen molar-refractivity contribution in [3.05, 3.63) is 35.9 Å². The number of nitrogens with one attached hydrogen (secondary N) is 3. The molecule has 148 valence electrons. The van der Waals surface area contributed by atoms with E-state index in [0.717, 1.165) is 5.56 Å². The van der Waals surface area contributed by atoms with Crippen LogP contribution in [0.2, 0.25) is 0 Å². The summed E-state index contributed by atoms with van der Waals surface area (Å²) in [5.74, 6) is -2.14. The van der Waals surface area contributed by atoms with Gasteiger partial charge in [-0.25, -0.2) is 4.79 Å². The van der Waals surface area contributed by atoms with Crippen molar-refractivity contribution >= 4 is 23.7 Å². The molecule has 0 radical (unpaired) electrons. The van der Waals surface area contributed by atoms with Crippen LogP contribution < -0.4 is 16.0 Å². The SMILES string of the molecule is CCNC(=O)C(=O)C(Cc1ccccc1)NC(=O)C(CC(C)C)NC(=O)O. The molecule has 1 aromatic rings. The molecule has 1 rings (SSSR count). The fourth-order valence-electron chi connectivity index (χ4n) is 2.59. The predicted octanol–water partition coefficient (Wildman–Crippen LogP) is 1.10. The number of hydrogen-bond donors (Lipinski definition) is 4. The van der Waals surface area contributed by atoms with Crippen LogP contribution in [0.3, 0.4) is 0 Å². The quantitative estimate of drug-likeness (QED) is 0.455. The Hall–Kier alpha value is -2.90. The molecule has 8 heteroatoms. The summed E-state index contributed by atoms with van der Waals surface area (Å²) in [5.41, 5.74) is 0.770. The highest BCUT2D eigenvalue weighted by Crippen LogP contribution is 2.08. The number of Topliss-reactive ketones (excluding diaryl/α,β-unsaturated/α-hetero) is 1. The second-order valence-corrected chi connectivity index (χ2v) is 6.61. The van der Waals surface area contributed by atoms with Gasteiger partial charge in [-0.05, 0) is 24.8 Å². The Bertz CT molecular complexity index is 661. The third-order valence-corrected chi connectivity index (χ3v) is 3.80. The first-order valence-corrected chi connectivity index (χ1v) is 8.90. The van der Waals surface area contributed by atoms with Gasteiger partial charge in [0, 0.05) is 13.0 Å². The van der Waals surface area contributed by atoms with Gasteiger partial charge in [-0.1, -0.05) is 44.2 Å². The highest BCUT2D eigenvalue weighted by molar-refractivity contribution is 6.38. The highest BCUT2D eigenvalue weighted by atomic mass is 16.4. The maximum absolute atomic E-state index is 12.6. The number of carbonyl (C=O) groups is 4. The molecule has 4 N–H and O–H groups in total. The van der Waals surface area contributed by atoms with Crippen LogP contribution in [0.15, 0.2) is 30.3 Å². The third kappa shape index (κ3) is 7.89. The molecule has 3 amide bonds. The molecule has 2 unspecified atom stereocenters. The van der Waals surface area contributed by atoms with Crippen molar-refractivity contribution < 1.29 is 24.3 Å². The number of benzene rings is 1. The van der Waals surface area contributed by atoms with Crippen LogP contribution in [0, 0.1) is 5.92 Å². The minimum Gasteiger partial charge on any atom is -0.465 e. The van der Waals surface area contributed by atoms with Crippen LogP contribution in [0.4, 0.5) is 4.79 Å². The van der Waals surface area contributed by atoms with Gasteiger partial charge in [0.25, 0.3) is 5.91 Å². The standard InChI is InChI=1S/C19H27N3O5/c1-4-20-18(25)16(23)14(11-13-8-6-5-7-9-13)21-17(24)15(10-12(2)3)22-19(26)27/h5-9,12,14-15,22H,4,10-11H2,1-3H3,(H,20,25)(H,21,24)(H,26,27). The van der Waals surface area contributed by atoms with E-state index in [0.29, 0.717) is 0 Å². The van der Waals surface area contributed by atoms with Crippen molar-refractivity contribution in [3.63, 3.8) is 0 Å². The Morgan fingerprint density at radius 3 is 2.15 bits per heavy atom. The molecule has 0 heterocycles. The van der Waals surface area contributed by atoms with Gasteiger partial charge < -0.3 is 21.1 Å². The Morgan fingerprint density at radius 1 is 1.00 bits per heavy atom. The van der Waals surface area contributed by atoms with E-state index in [1.165, 1.54) is 0 Å². The first-order chi connectivity index (χ1) is 12.7. The lowest BCUT2D eigenvalue weighted by Crippen LogP contribution is -2.54. The molecule has 2 atom stereocenters. The topological polar surface area (TPSA) is 125 Å². The maximum Gasteiger partial charge on any atom is 0.405 e. The maximum atomic E-state index is 12.6. The minimum absolute atomic E-state index is 0.0549. The summed E-state index contributed by atoms with van der Waals surface area (Å²) in [5, 5.41) is 16.1. The molecule has 0 aliphatic heterocycles. The summed E-state index contributed by atoms with van der Waals surface area (Å²) < 4.78 is 0. The van der Waals surface area contributed by atoms with Crippen LogP contribution in [-0.4, -0.2) is 47.4 Å². The average Bonchev–Trinajstić information content (AvgIpc) is 2.60. The molecule has 0 aliphatic carbocycles. The summed E-state index contributed by atoms with van der Waals surface area (Å²) in [4.78, 5) is 48.0. The number of ketones is 1. The van der Waals surface area contributed by atoms with Crippen molar-refractivity contribution in [2.24, 2.45) is 5.92 Å². The predicted molar refractivity (Wildman–Crippen MR) is 100 cm³/mol. The largest absolute Gasteiger partial charge is 0.465 e. The Balaban J connectivity index is 2.99. The molecule has 0 saturated carbocycles. The van der Waals surface area contributed by atoms with Crippen LogP contribution in [0.5, 0.6) is 0 Å². The summed E-state index contributed by atoms with van der Waals surface area (Å²) in [7, 11) is 0. The lowest BCUT2D eigenvalue weighted by atomic mass is 9.99. The Kier molecular flexibility index (Phi) is 8.98. The van der Waals surface area contributed by atoms with Gasteiger partial charge in [-0.3, -0.25) is 14.4 Å². The van der Waals surface area contributed by atoms with Gasteiger partial charge in [-0.15, -0.1) is 0 Å². The van der Waals surface area contributed by atoms with Crippen molar-refractivity contribution in [2.45, 2.75) is 45.7 Å². The second kappa shape index (κ2) is 10.9.